The van der Waals surface area contributed by atoms with Crippen LogP contribution in [0.3, 0.4) is 0 Å². The molecule has 10 heteroatoms. The lowest BCUT2D eigenvalue weighted by Crippen LogP contribution is -2.15. The fraction of sp³-hybridized carbons (Fsp3) is 0.125. The van der Waals surface area contributed by atoms with E-state index < -0.39 is 17.6 Å². The van der Waals surface area contributed by atoms with Gasteiger partial charge < -0.3 is 15.2 Å². The first kappa shape index (κ1) is 17.4. The lowest BCUT2D eigenvalue weighted by molar-refractivity contribution is -0.136. The first-order valence-electron chi connectivity index (χ1n) is 7.34. The van der Waals surface area contributed by atoms with E-state index in [1.54, 1.807) is 6.92 Å². The molecule has 2 N–H and O–H groups in total. The largest absolute Gasteiger partial charge is 0.418 e. The van der Waals surface area contributed by atoms with Gasteiger partial charge in [0.15, 0.2) is 5.82 Å². The Balaban J connectivity index is 1.81. The number of carbonyl (C=O) groups is 1. The van der Waals surface area contributed by atoms with Crippen molar-refractivity contribution in [2.45, 2.75) is 13.1 Å². The van der Waals surface area contributed by atoms with Gasteiger partial charge >= 0.3 is 6.18 Å². The van der Waals surface area contributed by atoms with E-state index in [1.807, 2.05) is 0 Å². The molecule has 0 aliphatic carbocycles. The number of para-hydroxylation sites is 1. The molecule has 0 aliphatic heterocycles. The summed E-state index contributed by atoms with van der Waals surface area (Å²) in [7, 11) is 0. The molecule has 2 heterocycles. The van der Waals surface area contributed by atoms with Gasteiger partial charge in [0.05, 0.1) is 11.3 Å². The third-order valence-electron chi connectivity index (χ3n) is 3.24. The van der Waals surface area contributed by atoms with Gasteiger partial charge in [-0.15, -0.1) is 0 Å². The second-order valence-corrected chi connectivity index (χ2v) is 5.21. The maximum absolute atomic E-state index is 13.0. The van der Waals surface area contributed by atoms with Gasteiger partial charge in [0.1, 0.15) is 11.5 Å². The van der Waals surface area contributed by atoms with Gasteiger partial charge in [-0.2, -0.15) is 13.2 Å². The monoisotopic (exact) mass is 363 g/mol. The molecule has 1 amide bonds. The second kappa shape index (κ2) is 6.82. The lowest BCUT2D eigenvalue weighted by Gasteiger charge is -2.13. The second-order valence-electron chi connectivity index (χ2n) is 5.21. The summed E-state index contributed by atoms with van der Waals surface area (Å²) in [6, 6.07) is 7.74. The Kier molecular flexibility index (Phi) is 4.57. The number of anilines is 3. The molecule has 0 spiro atoms. The van der Waals surface area contributed by atoms with E-state index in [0.717, 1.165) is 6.07 Å². The molecule has 0 radical (unpaired) electrons. The van der Waals surface area contributed by atoms with Gasteiger partial charge in [0.2, 0.25) is 5.95 Å². The number of hydrogen-bond donors (Lipinski definition) is 2. The molecular formula is C16H12F3N5O2. The molecule has 3 aromatic rings. The van der Waals surface area contributed by atoms with Crippen molar-refractivity contribution >= 4 is 23.4 Å². The third-order valence-corrected chi connectivity index (χ3v) is 3.24. The summed E-state index contributed by atoms with van der Waals surface area (Å²) >= 11 is 0. The van der Waals surface area contributed by atoms with Crippen LogP contribution in [0.25, 0.3) is 0 Å². The molecule has 0 aliphatic rings. The summed E-state index contributed by atoms with van der Waals surface area (Å²) in [6.07, 6.45) is -3.28. The highest BCUT2D eigenvalue weighted by Gasteiger charge is 2.33. The van der Waals surface area contributed by atoms with Crippen LogP contribution < -0.4 is 10.6 Å². The van der Waals surface area contributed by atoms with Crippen LogP contribution in [0.15, 0.2) is 47.1 Å². The summed E-state index contributed by atoms with van der Waals surface area (Å²) in [5.41, 5.74) is -1.13. The molecule has 0 bridgehead atoms. The molecule has 0 saturated carbocycles. The molecule has 1 aromatic carbocycles. The van der Waals surface area contributed by atoms with Gasteiger partial charge in [-0.1, -0.05) is 17.3 Å². The van der Waals surface area contributed by atoms with Crippen LogP contribution in [0.5, 0.6) is 0 Å². The quantitative estimate of drug-likeness (QED) is 0.733. The normalized spacial score (nSPS) is 11.2. The fourth-order valence-corrected chi connectivity index (χ4v) is 2.11. The Morgan fingerprint density at radius 2 is 1.96 bits per heavy atom. The van der Waals surface area contributed by atoms with Gasteiger partial charge in [-0.3, -0.25) is 4.79 Å². The molecule has 0 atom stereocenters. The molecule has 0 saturated heterocycles. The van der Waals surface area contributed by atoms with Gasteiger partial charge in [-0.25, -0.2) is 9.97 Å². The molecule has 2 aromatic heterocycles. The topological polar surface area (TPSA) is 92.9 Å². The highest BCUT2D eigenvalue weighted by Crippen LogP contribution is 2.35. The Bertz CT molecular complexity index is 939. The summed E-state index contributed by atoms with van der Waals surface area (Å²) in [5.74, 6) is -0.0457. The summed E-state index contributed by atoms with van der Waals surface area (Å²) < 4.78 is 44.0. The fourth-order valence-electron chi connectivity index (χ4n) is 2.11. The number of amides is 1. The predicted molar refractivity (Wildman–Crippen MR) is 86.0 cm³/mol. The number of hydrogen-bond acceptors (Lipinski definition) is 6. The maximum Gasteiger partial charge on any atom is 0.418 e. The number of alkyl halides is 3. The number of nitrogens with zero attached hydrogens (tertiary/aromatic N) is 3. The van der Waals surface area contributed by atoms with Crippen LogP contribution >= 0.6 is 0 Å². The van der Waals surface area contributed by atoms with Crippen LogP contribution in [0.2, 0.25) is 0 Å². The third kappa shape index (κ3) is 3.97. The van der Waals surface area contributed by atoms with Gasteiger partial charge in [-0.05, 0) is 25.1 Å². The number of rotatable bonds is 4. The first-order chi connectivity index (χ1) is 12.3. The minimum atomic E-state index is -4.54. The number of benzene rings is 1. The van der Waals surface area contributed by atoms with Crippen LogP contribution in [0, 0.1) is 6.92 Å². The van der Waals surface area contributed by atoms with Gasteiger partial charge in [0.25, 0.3) is 5.91 Å². The highest BCUT2D eigenvalue weighted by molar-refractivity contribution is 6.02. The van der Waals surface area contributed by atoms with E-state index in [4.69, 9.17) is 4.52 Å². The van der Waals surface area contributed by atoms with Crippen LogP contribution in [0.1, 0.15) is 21.8 Å². The Labute approximate surface area is 145 Å². The summed E-state index contributed by atoms with van der Waals surface area (Å²) in [6.45, 7) is 1.66. The zero-order valence-electron chi connectivity index (χ0n) is 13.3. The van der Waals surface area contributed by atoms with E-state index in [1.165, 1.54) is 36.5 Å². The smallest absolute Gasteiger partial charge is 0.360 e. The van der Waals surface area contributed by atoms with Crippen molar-refractivity contribution < 1.29 is 22.5 Å². The van der Waals surface area contributed by atoms with Crippen molar-refractivity contribution in [3.05, 3.63) is 59.6 Å². The van der Waals surface area contributed by atoms with Crippen molar-refractivity contribution in [3.63, 3.8) is 0 Å². The maximum atomic E-state index is 13.0. The lowest BCUT2D eigenvalue weighted by atomic mass is 10.1. The first-order valence-corrected chi connectivity index (χ1v) is 7.34. The number of halogens is 3. The van der Waals surface area contributed by atoms with Crippen molar-refractivity contribution in [1.29, 1.82) is 0 Å². The van der Waals surface area contributed by atoms with Gasteiger partial charge in [0, 0.05) is 12.3 Å². The van der Waals surface area contributed by atoms with E-state index >= 15 is 0 Å². The summed E-state index contributed by atoms with van der Waals surface area (Å²) in [4.78, 5) is 19.9. The molecule has 0 unspecified atom stereocenters. The predicted octanol–water partition coefficient (Wildman–Crippen LogP) is 3.79. The van der Waals surface area contributed by atoms with Crippen molar-refractivity contribution in [2.75, 3.05) is 10.6 Å². The molecule has 0 fully saturated rings. The van der Waals surface area contributed by atoms with Crippen LogP contribution in [-0.4, -0.2) is 21.0 Å². The molecular weight excluding hydrogens is 351 g/mol. The van der Waals surface area contributed by atoms with E-state index in [9.17, 15) is 18.0 Å². The van der Waals surface area contributed by atoms with Crippen LogP contribution in [-0.2, 0) is 6.18 Å². The Morgan fingerprint density at radius 3 is 2.65 bits per heavy atom. The van der Waals surface area contributed by atoms with Crippen LogP contribution in [0.4, 0.5) is 30.6 Å². The van der Waals surface area contributed by atoms with E-state index in [2.05, 4.69) is 25.8 Å². The number of aryl methyl sites for hydroxylation is 1. The number of aromatic nitrogens is 3. The highest BCUT2D eigenvalue weighted by atomic mass is 19.4. The molecule has 7 nitrogen and oxygen atoms in total. The Hall–Kier alpha value is -3.43. The average Bonchev–Trinajstić information content (AvgIpc) is 2.99. The average molecular weight is 363 g/mol. The summed E-state index contributed by atoms with van der Waals surface area (Å²) in [5, 5.41) is 8.57. The van der Waals surface area contributed by atoms with E-state index in [-0.39, 0.29) is 23.1 Å². The molecule has 134 valence electrons. The number of carbonyl (C=O) groups excluding carboxylic acids is 1. The molecule has 3 rings (SSSR count). The number of nitrogens with one attached hydrogen (secondary N) is 2. The van der Waals surface area contributed by atoms with E-state index in [0.29, 0.717) is 5.76 Å². The Morgan fingerprint density at radius 1 is 1.19 bits per heavy atom. The zero-order chi connectivity index (χ0) is 18.7. The molecule has 26 heavy (non-hydrogen) atoms. The van der Waals surface area contributed by atoms with Crippen molar-refractivity contribution in [3.8, 4) is 0 Å². The zero-order valence-corrected chi connectivity index (χ0v) is 13.3. The minimum absolute atomic E-state index is 0.0485. The van der Waals surface area contributed by atoms with Crippen molar-refractivity contribution in [1.82, 2.24) is 15.1 Å². The SMILES string of the molecule is Cc1cc(NC(=O)c2ccnc(Nc3ccccc3C(F)(F)F)n2)no1. The standard InChI is InChI=1S/C16H12F3N5O2/c1-9-8-13(24-26-9)23-14(25)12-6-7-20-15(22-12)21-11-5-3-2-4-10(11)16(17,18)19/h2-8H,1H3,(H,20,21,22)(H,23,24,25). The minimum Gasteiger partial charge on any atom is -0.360 e. The van der Waals surface area contributed by atoms with Crippen molar-refractivity contribution in [2.24, 2.45) is 0 Å².